The van der Waals surface area contributed by atoms with Gasteiger partial charge in [0.1, 0.15) is 11.6 Å². The van der Waals surface area contributed by atoms with Crippen LogP contribution in [0.2, 0.25) is 0 Å². The highest BCUT2D eigenvalue weighted by Crippen LogP contribution is 2.39. The summed E-state index contributed by atoms with van der Waals surface area (Å²) in [6.07, 6.45) is -3.81. The average Bonchev–Trinajstić information content (AvgIpc) is 3.06. The van der Waals surface area contributed by atoms with E-state index in [1.165, 1.54) is 29.3 Å². The van der Waals surface area contributed by atoms with Crippen LogP contribution in [-0.2, 0) is 33.7 Å². The normalized spacial score (nSPS) is 14.6. The van der Waals surface area contributed by atoms with Crippen molar-refractivity contribution in [2.24, 2.45) is 5.73 Å². The van der Waals surface area contributed by atoms with E-state index in [4.69, 9.17) is 10.5 Å². The van der Waals surface area contributed by atoms with E-state index in [1.807, 2.05) is 0 Å². The zero-order valence-corrected chi connectivity index (χ0v) is 19.5. The van der Waals surface area contributed by atoms with Gasteiger partial charge in [-0.25, -0.2) is 0 Å². The molecule has 0 saturated carbocycles. The van der Waals surface area contributed by atoms with E-state index in [1.54, 1.807) is 20.8 Å². The Bertz CT molecular complexity index is 1160. The SMILES string of the molecule is CC(C)(C)OC(=O)CCC(C(N)=O)N1Cc2cc(-c3nccc(CO)c3C(F)(F)F)ccc2C1=O. The molecule has 1 aliphatic rings. The molecular formula is C24H26F3N3O5. The zero-order chi connectivity index (χ0) is 26.1. The Morgan fingerprint density at radius 2 is 1.91 bits per heavy atom. The van der Waals surface area contributed by atoms with Gasteiger partial charge >= 0.3 is 12.1 Å². The van der Waals surface area contributed by atoms with Gasteiger partial charge in [0.05, 0.1) is 17.9 Å². The Morgan fingerprint density at radius 1 is 1.23 bits per heavy atom. The molecule has 2 heterocycles. The average molecular weight is 493 g/mol. The summed E-state index contributed by atoms with van der Waals surface area (Å²) >= 11 is 0. The molecule has 0 radical (unpaired) electrons. The molecule has 11 heteroatoms. The highest BCUT2D eigenvalue weighted by atomic mass is 19.4. The number of carbonyl (C=O) groups is 3. The van der Waals surface area contributed by atoms with Crippen LogP contribution in [0.15, 0.2) is 30.5 Å². The third-order valence-corrected chi connectivity index (χ3v) is 5.45. The third-order valence-electron chi connectivity index (χ3n) is 5.45. The molecule has 1 aromatic heterocycles. The van der Waals surface area contributed by atoms with Gasteiger partial charge in [-0.15, -0.1) is 0 Å². The number of amides is 2. The van der Waals surface area contributed by atoms with Crippen molar-refractivity contribution in [3.8, 4) is 11.3 Å². The summed E-state index contributed by atoms with van der Waals surface area (Å²) in [5.74, 6) is -1.89. The number of hydrogen-bond donors (Lipinski definition) is 2. The standard InChI is InChI=1S/C24H26F3N3O5/c1-23(2,3)35-18(32)7-6-17(21(28)33)30-11-15-10-13(4-5-16(15)22(30)34)20-19(24(25,26)27)14(12-31)8-9-29-20/h4-5,8-10,17,31H,6-7,11-12H2,1-3H3,(H2,28,33). The summed E-state index contributed by atoms with van der Waals surface area (Å²) in [5.41, 5.74) is 3.73. The van der Waals surface area contributed by atoms with Gasteiger partial charge in [0.2, 0.25) is 5.91 Å². The van der Waals surface area contributed by atoms with Crippen LogP contribution >= 0.6 is 0 Å². The van der Waals surface area contributed by atoms with Gasteiger partial charge in [-0.3, -0.25) is 19.4 Å². The first-order valence-electron chi connectivity index (χ1n) is 10.8. The summed E-state index contributed by atoms with van der Waals surface area (Å²) in [6.45, 7) is 4.20. The highest BCUT2D eigenvalue weighted by Gasteiger charge is 2.39. The third kappa shape index (κ3) is 5.79. The van der Waals surface area contributed by atoms with Crippen LogP contribution in [-0.4, -0.2) is 44.4 Å². The number of alkyl halides is 3. The van der Waals surface area contributed by atoms with E-state index in [9.17, 15) is 32.7 Å². The molecule has 0 fully saturated rings. The van der Waals surface area contributed by atoms with Crippen molar-refractivity contribution in [2.75, 3.05) is 0 Å². The van der Waals surface area contributed by atoms with E-state index < -0.39 is 47.8 Å². The van der Waals surface area contributed by atoms with Crippen molar-refractivity contribution >= 4 is 17.8 Å². The number of rotatable bonds is 7. The molecule has 1 aromatic carbocycles. The fourth-order valence-corrected chi connectivity index (χ4v) is 4.01. The largest absolute Gasteiger partial charge is 0.460 e. The molecule has 2 amide bonds. The summed E-state index contributed by atoms with van der Waals surface area (Å²) in [6, 6.07) is 4.09. The van der Waals surface area contributed by atoms with Crippen molar-refractivity contribution < 1.29 is 37.4 Å². The predicted molar refractivity (Wildman–Crippen MR) is 119 cm³/mol. The molecule has 188 valence electrons. The molecule has 3 N–H and O–H groups in total. The number of aromatic nitrogens is 1. The molecule has 1 unspecified atom stereocenters. The summed E-state index contributed by atoms with van der Waals surface area (Å²) in [5, 5.41) is 9.39. The fourth-order valence-electron chi connectivity index (χ4n) is 4.01. The van der Waals surface area contributed by atoms with Crippen LogP contribution < -0.4 is 5.73 Å². The second-order valence-corrected chi connectivity index (χ2v) is 9.20. The van der Waals surface area contributed by atoms with Crippen molar-refractivity contribution in [3.05, 3.63) is 52.7 Å². The summed E-state index contributed by atoms with van der Waals surface area (Å²) in [7, 11) is 0. The number of aliphatic hydroxyl groups is 1. The number of pyridine rings is 1. The van der Waals surface area contributed by atoms with Crippen LogP contribution in [0.5, 0.6) is 0 Å². The number of carbonyl (C=O) groups excluding carboxylic acids is 3. The van der Waals surface area contributed by atoms with Gasteiger partial charge in [0, 0.05) is 30.3 Å². The predicted octanol–water partition coefficient (Wildman–Crippen LogP) is 3.19. The van der Waals surface area contributed by atoms with E-state index in [2.05, 4.69) is 4.98 Å². The molecule has 0 saturated heterocycles. The van der Waals surface area contributed by atoms with Crippen LogP contribution in [0.4, 0.5) is 13.2 Å². The molecule has 1 aliphatic heterocycles. The minimum Gasteiger partial charge on any atom is -0.460 e. The fraction of sp³-hybridized carbons (Fsp3) is 0.417. The van der Waals surface area contributed by atoms with Crippen molar-refractivity contribution in [3.63, 3.8) is 0 Å². The second kappa shape index (κ2) is 9.65. The Hall–Kier alpha value is -3.47. The van der Waals surface area contributed by atoms with Crippen LogP contribution in [0.1, 0.15) is 60.7 Å². The van der Waals surface area contributed by atoms with E-state index in [0.29, 0.717) is 5.56 Å². The van der Waals surface area contributed by atoms with Crippen LogP contribution in [0.25, 0.3) is 11.3 Å². The van der Waals surface area contributed by atoms with E-state index in [-0.39, 0.29) is 41.8 Å². The minimum atomic E-state index is -4.76. The van der Waals surface area contributed by atoms with Gasteiger partial charge in [0.15, 0.2) is 0 Å². The maximum atomic E-state index is 13.7. The Morgan fingerprint density at radius 3 is 2.49 bits per heavy atom. The first-order chi connectivity index (χ1) is 16.2. The van der Waals surface area contributed by atoms with E-state index in [0.717, 1.165) is 6.07 Å². The molecule has 2 aromatic rings. The molecule has 0 bridgehead atoms. The van der Waals surface area contributed by atoms with Crippen molar-refractivity contribution in [1.82, 2.24) is 9.88 Å². The number of aliphatic hydroxyl groups excluding tert-OH is 1. The topological polar surface area (TPSA) is 123 Å². The number of halogens is 3. The van der Waals surface area contributed by atoms with Gasteiger partial charge in [-0.2, -0.15) is 13.2 Å². The maximum absolute atomic E-state index is 13.7. The lowest BCUT2D eigenvalue weighted by atomic mass is 9.98. The van der Waals surface area contributed by atoms with Crippen LogP contribution in [0, 0.1) is 0 Å². The lowest BCUT2D eigenvalue weighted by Crippen LogP contribution is -2.45. The second-order valence-electron chi connectivity index (χ2n) is 9.20. The summed E-state index contributed by atoms with van der Waals surface area (Å²) < 4.78 is 46.4. The monoisotopic (exact) mass is 493 g/mol. The van der Waals surface area contributed by atoms with Crippen LogP contribution in [0.3, 0.4) is 0 Å². The van der Waals surface area contributed by atoms with Crippen molar-refractivity contribution in [1.29, 1.82) is 0 Å². The van der Waals surface area contributed by atoms with Gasteiger partial charge in [-0.05, 0) is 56.5 Å². The Kier molecular flexibility index (Phi) is 7.21. The number of hydrogen-bond acceptors (Lipinski definition) is 6. The van der Waals surface area contributed by atoms with Gasteiger partial charge in [0.25, 0.3) is 5.91 Å². The first kappa shape index (κ1) is 26.1. The maximum Gasteiger partial charge on any atom is 0.418 e. The van der Waals surface area contributed by atoms with Gasteiger partial charge in [-0.1, -0.05) is 6.07 Å². The molecule has 0 spiro atoms. The lowest BCUT2D eigenvalue weighted by Gasteiger charge is -2.25. The zero-order valence-electron chi connectivity index (χ0n) is 19.5. The molecule has 0 aliphatic carbocycles. The van der Waals surface area contributed by atoms with Gasteiger partial charge < -0.3 is 20.5 Å². The Balaban J connectivity index is 1.89. The number of fused-ring (bicyclic) bond motifs is 1. The number of nitrogens with zero attached hydrogens (tertiary/aromatic N) is 2. The summed E-state index contributed by atoms with van der Waals surface area (Å²) in [4.78, 5) is 42.2. The van der Waals surface area contributed by atoms with Crippen molar-refractivity contribution in [2.45, 2.75) is 64.6 Å². The van der Waals surface area contributed by atoms with E-state index >= 15 is 0 Å². The number of ether oxygens (including phenoxy) is 1. The minimum absolute atomic E-state index is 0.0604. The molecular weight excluding hydrogens is 467 g/mol. The number of esters is 1. The Labute approximate surface area is 199 Å². The quantitative estimate of drug-likeness (QED) is 0.571. The highest BCUT2D eigenvalue weighted by molar-refractivity contribution is 6.01. The first-order valence-corrected chi connectivity index (χ1v) is 10.8. The lowest BCUT2D eigenvalue weighted by molar-refractivity contribution is -0.155. The molecule has 1 atom stereocenters. The number of benzene rings is 1. The number of nitrogens with two attached hydrogens (primary N) is 1. The number of primary amides is 1. The molecule has 8 nitrogen and oxygen atoms in total. The molecule has 3 rings (SSSR count). The smallest absolute Gasteiger partial charge is 0.418 e. The molecule has 35 heavy (non-hydrogen) atoms.